The Hall–Kier alpha value is -2.96. The van der Waals surface area contributed by atoms with Crippen molar-refractivity contribution >= 4 is 29.2 Å². The van der Waals surface area contributed by atoms with E-state index in [1.807, 2.05) is 0 Å². The third-order valence-electron chi connectivity index (χ3n) is 7.14. The van der Waals surface area contributed by atoms with E-state index in [2.05, 4.69) is 44.4 Å². The van der Waals surface area contributed by atoms with Gasteiger partial charge in [-0.2, -0.15) is 0 Å². The summed E-state index contributed by atoms with van der Waals surface area (Å²) in [4.78, 5) is 22.2. The fourth-order valence-electron chi connectivity index (χ4n) is 5.36. The molecule has 4 aliphatic heterocycles. The Bertz CT molecular complexity index is 956. The number of nitrogens with one attached hydrogen (secondary N) is 3. The average molecular weight is 405 g/mol. The van der Waals surface area contributed by atoms with Gasteiger partial charge in [-0.3, -0.25) is 15.6 Å². The maximum absolute atomic E-state index is 13.6. The fraction of sp³-hybridized carbons (Fsp3) is 0.478. The molecule has 1 amide bonds. The van der Waals surface area contributed by atoms with E-state index in [9.17, 15) is 4.79 Å². The SMILES string of the molecule is N=C1C=NC(N2CCC3(CCCN(CC4CNc5ccccc54)C3=O)CC2)=CC1=N. The minimum absolute atomic E-state index is 0.147. The van der Waals surface area contributed by atoms with Crippen LogP contribution in [0.15, 0.2) is 41.2 Å². The van der Waals surface area contributed by atoms with Crippen LogP contribution in [0.1, 0.15) is 37.2 Å². The molecular weight excluding hydrogens is 376 g/mol. The van der Waals surface area contributed by atoms with Crippen LogP contribution in [0.4, 0.5) is 5.69 Å². The van der Waals surface area contributed by atoms with E-state index in [0.29, 0.717) is 11.8 Å². The molecule has 7 nitrogen and oxygen atoms in total. The van der Waals surface area contributed by atoms with E-state index in [4.69, 9.17) is 10.8 Å². The van der Waals surface area contributed by atoms with E-state index < -0.39 is 0 Å². The summed E-state index contributed by atoms with van der Waals surface area (Å²) in [6.07, 6.45) is 6.82. The van der Waals surface area contributed by atoms with Crippen molar-refractivity contribution in [2.24, 2.45) is 10.4 Å². The zero-order valence-corrected chi connectivity index (χ0v) is 17.2. The van der Waals surface area contributed by atoms with Gasteiger partial charge < -0.3 is 15.1 Å². The quantitative estimate of drug-likeness (QED) is 0.723. The smallest absolute Gasteiger partial charge is 0.228 e. The van der Waals surface area contributed by atoms with Gasteiger partial charge in [0.1, 0.15) is 5.82 Å². The lowest BCUT2D eigenvalue weighted by Crippen LogP contribution is -2.54. The van der Waals surface area contributed by atoms with E-state index in [-0.39, 0.29) is 16.8 Å². The molecule has 1 spiro atoms. The van der Waals surface area contributed by atoms with Crippen LogP contribution in [0.25, 0.3) is 0 Å². The number of nitrogens with zero attached hydrogens (tertiary/aromatic N) is 3. The molecule has 0 radical (unpaired) electrons. The molecule has 1 unspecified atom stereocenters. The van der Waals surface area contributed by atoms with Gasteiger partial charge >= 0.3 is 0 Å². The number of rotatable bonds is 3. The summed E-state index contributed by atoms with van der Waals surface area (Å²) >= 11 is 0. The Morgan fingerprint density at radius 3 is 2.70 bits per heavy atom. The monoisotopic (exact) mass is 404 g/mol. The van der Waals surface area contributed by atoms with Crippen molar-refractivity contribution in [2.45, 2.75) is 31.6 Å². The molecule has 0 aromatic heterocycles. The van der Waals surface area contributed by atoms with Gasteiger partial charge in [0.25, 0.3) is 0 Å². The Kier molecular flexibility index (Phi) is 4.68. The number of benzene rings is 1. The molecule has 1 aromatic rings. The summed E-state index contributed by atoms with van der Waals surface area (Å²) in [6.45, 7) is 4.10. The van der Waals surface area contributed by atoms with Crippen molar-refractivity contribution in [3.05, 3.63) is 41.7 Å². The van der Waals surface area contributed by atoms with Gasteiger partial charge in [-0.1, -0.05) is 18.2 Å². The number of hydrogen-bond acceptors (Lipinski definition) is 6. The highest BCUT2D eigenvalue weighted by atomic mass is 16.2. The van der Waals surface area contributed by atoms with Gasteiger partial charge in [0, 0.05) is 50.4 Å². The van der Waals surface area contributed by atoms with Crippen molar-refractivity contribution in [3.8, 4) is 0 Å². The summed E-state index contributed by atoms with van der Waals surface area (Å²) < 4.78 is 0. The second-order valence-electron chi connectivity index (χ2n) is 8.88. The van der Waals surface area contributed by atoms with Gasteiger partial charge in [0.15, 0.2) is 0 Å². The summed E-state index contributed by atoms with van der Waals surface area (Å²) in [5.41, 5.74) is 2.63. The van der Waals surface area contributed by atoms with Crippen molar-refractivity contribution < 1.29 is 4.79 Å². The predicted octanol–water partition coefficient (Wildman–Crippen LogP) is 2.87. The number of anilines is 1. The summed E-state index contributed by atoms with van der Waals surface area (Å²) in [5, 5.41) is 19.0. The molecule has 4 aliphatic rings. The summed E-state index contributed by atoms with van der Waals surface area (Å²) in [7, 11) is 0. The lowest BCUT2D eigenvalue weighted by molar-refractivity contribution is -0.149. The van der Waals surface area contributed by atoms with Gasteiger partial charge in [-0.25, -0.2) is 4.99 Å². The molecule has 2 saturated heterocycles. The number of aliphatic imine (C=N–C) groups is 1. The van der Waals surface area contributed by atoms with Crippen molar-refractivity contribution in [1.82, 2.24) is 9.80 Å². The molecular formula is C23H28N6O. The number of likely N-dealkylation sites (tertiary alicyclic amines) is 2. The molecule has 0 bridgehead atoms. The van der Waals surface area contributed by atoms with Gasteiger partial charge in [-0.15, -0.1) is 0 Å². The minimum atomic E-state index is -0.251. The minimum Gasteiger partial charge on any atom is -0.384 e. The number of carbonyl (C=O) groups is 1. The zero-order chi connectivity index (χ0) is 20.7. The van der Waals surface area contributed by atoms with Crippen molar-refractivity contribution in [1.29, 1.82) is 10.8 Å². The van der Waals surface area contributed by atoms with Crippen LogP contribution in [0.5, 0.6) is 0 Å². The van der Waals surface area contributed by atoms with Crippen molar-refractivity contribution in [3.63, 3.8) is 0 Å². The zero-order valence-electron chi connectivity index (χ0n) is 17.2. The molecule has 5 rings (SSSR count). The van der Waals surface area contributed by atoms with Crippen LogP contribution in [0.3, 0.4) is 0 Å². The molecule has 1 atom stereocenters. The largest absolute Gasteiger partial charge is 0.384 e. The van der Waals surface area contributed by atoms with E-state index >= 15 is 0 Å². The third-order valence-corrected chi connectivity index (χ3v) is 7.14. The van der Waals surface area contributed by atoms with E-state index in [1.165, 1.54) is 17.5 Å². The topological polar surface area (TPSA) is 95.6 Å². The maximum atomic E-state index is 13.6. The van der Waals surface area contributed by atoms with Gasteiger partial charge in [0.05, 0.1) is 23.1 Å². The number of para-hydroxylation sites is 1. The summed E-state index contributed by atoms with van der Waals surface area (Å²) in [6, 6.07) is 8.43. The number of allylic oxidation sites excluding steroid dienone is 1. The molecule has 3 N–H and O–H groups in total. The Morgan fingerprint density at radius 1 is 1.10 bits per heavy atom. The van der Waals surface area contributed by atoms with Crippen LogP contribution in [-0.4, -0.2) is 66.1 Å². The molecule has 7 heteroatoms. The highest BCUT2D eigenvalue weighted by molar-refractivity contribution is 6.64. The average Bonchev–Trinajstić information content (AvgIpc) is 3.17. The number of fused-ring (bicyclic) bond motifs is 1. The number of amides is 1. The van der Waals surface area contributed by atoms with Crippen LogP contribution in [0, 0.1) is 16.2 Å². The molecule has 30 heavy (non-hydrogen) atoms. The predicted molar refractivity (Wildman–Crippen MR) is 119 cm³/mol. The van der Waals surface area contributed by atoms with E-state index in [1.54, 1.807) is 6.08 Å². The first kappa shape index (κ1) is 19.0. The molecule has 4 heterocycles. The van der Waals surface area contributed by atoms with Crippen LogP contribution in [-0.2, 0) is 4.79 Å². The third kappa shape index (κ3) is 3.22. The molecule has 2 fully saturated rings. The van der Waals surface area contributed by atoms with Crippen molar-refractivity contribution in [2.75, 3.05) is 38.0 Å². The Morgan fingerprint density at radius 2 is 1.90 bits per heavy atom. The molecule has 0 saturated carbocycles. The first-order chi connectivity index (χ1) is 14.6. The fourth-order valence-corrected chi connectivity index (χ4v) is 5.36. The normalized spacial score (nSPS) is 25.4. The van der Waals surface area contributed by atoms with Gasteiger partial charge in [0.2, 0.25) is 5.91 Å². The number of carbonyl (C=O) groups excluding carboxylic acids is 1. The highest BCUT2D eigenvalue weighted by Crippen LogP contribution is 2.43. The Labute approximate surface area is 176 Å². The number of piperidine rings is 2. The van der Waals surface area contributed by atoms with Crippen LogP contribution >= 0.6 is 0 Å². The number of hydrogen-bond donors (Lipinski definition) is 3. The Balaban J connectivity index is 1.26. The van der Waals surface area contributed by atoms with Crippen LogP contribution in [0.2, 0.25) is 0 Å². The molecule has 156 valence electrons. The van der Waals surface area contributed by atoms with Crippen LogP contribution < -0.4 is 5.32 Å². The highest BCUT2D eigenvalue weighted by Gasteiger charge is 2.46. The summed E-state index contributed by atoms with van der Waals surface area (Å²) in [5.74, 6) is 1.44. The van der Waals surface area contributed by atoms with E-state index in [0.717, 1.165) is 64.2 Å². The lowest BCUT2D eigenvalue weighted by atomic mass is 9.71. The molecule has 0 aliphatic carbocycles. The van der Waals surface area contributed by atoms with Gasteiger partial charge in [-0.05, 0) is 37.3 Å². The second-order valence-corrected chi connectivity index (χ2v) is 8.88. The second kappa shape index (κ2) is 7.38. The standard InChI is InChI=1S/C23H28N6O/c24-18-12-21(27-14-19(18)25)28-10-7-23(8-11-28)6-3-9-29(22(23)30)15-16-13-26-20-5-2-1-4-17(16)20/h1-2,4-5,12,14,16,24-26H,3,6-11,13,15H2. The lowest BCUT2D eigenvalue weighted by Gasteiger charge is -2.47. The first-order valence-corrected chi connectivity index (χ1v) is 10.9. The first-order valence-electron chi connectivity index (χ1n) is 10.9. The molecule has 1 aromatic carbocycles. The maximum Gasteiger partial charge on any atom is 0.228 e.